The average Bonchev–Trinajstić information content (AvgIpc) is 2.67. The first-order valence-corrected chi connectivity index (χ1v) is 5.52. The zero-order valence-electron chi connectivity index (χ0n) is 7.66. The number of halogens is 2. The summed E-state index contributed by atoms with van der Waals surface area (Å²) >= 11 is 11.6. The van der Waals surface area contributed by atoms with Crippen molar-refractivity contribution in [2.45, 2.75) is 18.9 Å². The van der Waals surface area contributed by atoms with Crippen molar-refractivity contribution in [2.24, 2.45) is 0 Å². The van der Waals surface area contributed by atoms with E-state index in [0.29, 0.717) is 16.9 Å². The van der Waals surface area contributed by atoms with Crippen molar-refractivity contribution in [1.82, 2.24) is 9.97 Å². The van der Waals surface area contributed by atoms with E-state index in [9.17, 15) is 0 Å². The van der Waals surface area contributed by atoms with Gasteiger partial charge in [0.1, 0.15) is 0 Å². The molecule has 76 valence electrons. The lowest BCUT2D eigenvalue weighted by Crippen LogP contribution is -2.31. The van der Waals surface area contributed by atoms with Crippen molar-refractivity contribution >= 4 is 29.2 Å². The topological polar surface area (TPSA) is 29.0 Å². The molecular formula is C9H11Cl2N3. The highest BCUT2D eigenvalue weighted by molar-refractivity contribution is 6.30. The fourth-order valence-electron chi connectivity index (χ4n) is 1.71. The Hall–Kier alpha value is -0.540. The molecule has 3 nitrogen and oxygen atoms in total. The lowest BCUT2D eigenvalue weighted by atomic mass is 10.2. The molecule has 1 aliphatic rings. The van der Waals surface area contributed by atoms with E-state index in [1.807, 2.05) is 0 Å². The van der Waals surface area contributed by atoms with Crippen molar-refractivity contribution in [3.8, 4) is 0 Å². The summed E-state index contributed by atoms with van der Waals surface area (Å²) in [6.07, 6.45) is 5.51. The summed E-state index contributed by atoms with van der Waals surface area (Å²) in [4.78, 5) is 10.5. The van der Waals surface area contributed by atoms with Crippen molar-refractivity contribution in [3.63, 3.8) is 0 Å². The molecule has 1 aromatic rings. The SMILES string of the molecule is ClCC1CCCN1c1ncc(Cl)cn1. The zero-order valence-corrected chi connectivity index (χ0v) is 9.17. The van der Waals surface area contributed by atoms with Gasteiger partial charge in [0.25, 0.3) is 0 Å². The molecule has 0 bridgehead atoms. The summed E-state index contributed by atoms with van der Waals surface area (Å²) in [5.41, 5.74) is 0. The summed E-state index contributed by atoms with van der Waals surface area (Å²) in [7, 11) is 0. The van der Waals surface area contributed by atoms with E-state index in [1.165, 1.54) is 0 Å². The van der Waals surface area contributed by atoms with Gasteiger partial charge in [-0.2, -0.15) is 0 Å². The van der Waals surface area contributed by atoms with Crippen LogP contribution >= 0.6 is 23.2 Å². The van der Waals surface area contributed by atoms with E-state index in [2.05, 4.69) is 14.9 Å². The molecule has 1 atom stereocenters. The van der Waals surface area contributed by atoms with Gasteiger partial charge in [-0.25, -0.2) is 9.97 Å². The van der Waals surface area contributed by atoms with Crippen LogP contribution in [0.2, 0.25) is 5.02 Å². The number of anilines is 1. The van der Waals surface area contributed by atoms with Crippen molar-refractivity contribution in [3.05, 3.63) is 17.4 Å². The Balaban J connectivity index is 2.17. The zero-order chi connectivity index (χ0) is 9.97. The van der Waals surface area contributed by atoms with Crippen LogP contribution in [-0.4, -0.2) is 28.4 Å². The third-order valence-corrected chi connectivity index (χ3v) is 2.97. The smallest absolute Gasteiger partial charge is 0.225 e. The van der Waals surface area contributed by atoms with E-state index >= 15 is 0 Å². The van der Waals surface area contributed by atoms with Gasteiger partial charge in [0.05, 0.1) is 17.4 Å². The molecule has 0 radical (unpaired) electrons. The van der Waals surface area contributed by atoms with Crippen LogP contribution in [0.4, 0.5) is 5.95 Å². The number of rotatable bonds is 2. The minimum absolute atomic E-state index is 0.373. The highest BCUT2D eigenvalue weighted by atomic mass is 35.5. The van der Waals surface area contributed by atoms with Gasteiger partial charge in [-0.1, -0.05) is 11.6 Å². The number of hydrogen-bond donors (Lipinski definition) is 0. The maximum atomic E-state index is 5.86. The van der Waals surface area contributed by atoms with Gasteiger partial charge in [-0.15, -0.1) is 11.6 Å². The van der Waals surface area contributed by atoms with Gasteiger partial charge >= 0.3 is 0 Å². The molecule has 1 saturated heterocycles. The second kappa shape index (κ2) is 4.32. The molecule has 2 rings (SSSR count). The highest BCUT2D eigenvalue weighted by Gasteiger charge is 2.25. The summed E-state index contributed by atoms with van der Waals surface area (Å²) in [6, 6.07) is 0.373. The van der Waals surface area contributed by atoms with E-state index in [0.717, 1.165) is 25.3 Å². The fourth-order valence-corrected chi connectivity index (χ4v) is 2.13. The van der Waals surface area contributed by atoms with Crippen molar-refractivity contribution < 1.29 is 0 Å². The number of aromatic nitrogens is 2. The minimum atomic E-state index is 0.373. The summed E-state index contributed by atoms with van der Waals surface area (Å²) in [5.74, 6) is 1.36. The molecule has 0 aliphatic carbocycles. The molecule has 1 unspecified atom stereocenters. The number of alkyl halides is 1. The quantitative estimate of drug-likeness (QED) is 0.733. The van der Waals surface area contributed by atoms with Gasteiger partial charge < -0.3 is 4.90 Å². The molecule has 1 aliphatic heterocycles. The minimum Gasteiger partial charge on any atom is -0.337 e. The maximum Gasteiger partial charge on any atom is 0.225 e. The Bertz CT molecular complexity index is 301. The standard InChI is InChI=1S/C9H11Cl2N3/c10-4-8-2-1-3-14(8)9-12-5-7(11)6-13-9/h5-6,8H,1-4H2. The predicted octanol–water partition coefficient (Wildman–Crippen LogP) is 2.34. The summed E-state index contributed by atoms with van der Waals surface area (Å²) < 4.78 is 0. The summed E-state index contributed by atoms with van der Waals surface area (Å²) in [6.45, 7) is 0.985. The van der Waals surface area contributed by atoms with Gasteiger partial charge in [-0.05, 0) is 12.8 Å². The second-order valence-corrected chi connectivity index (χ2v) is 4.09. The first-order chi connectivity index (χ1) is 6.81. The van der Waals surface area contributed by atoms with Crippen molar-refractivity contribution in [2.75, 3.05) is 17.3 Å². The Labute approximate surface area is 93.1 Å². The molecule has 0 saturated carbocycles. The molecule has 14 heavy (non-hydrogen) atoms. The Morgan fingerprint density at radius 1 is 1.43 bits per heavy atom. The van der Waals surface area contributed by atoms with Crippen LogP contribution in [0.1, 0.15) is 12.8 Å². The molecule has 5 heteroatoms. The molecule has 0 amide bonds. The Morgan fingerprint density at radius 2 is 2.14 bits per heavy atom. The number of nitrogens with zero attached hydrogens (tertiary/aromatic N) is 3. The van der Waals surface area contributed by atoms with Gasteiger partial charge in [0, 0.05) is 18.5 Å². The molecule has 1 fully saturated rings. The van der Waals surface area contributed by atoms with Gasteiger partial charge in [0.2, 0.25) is 5.95 Å². The molecule has 1 aromatic heterocycles. The van der Waals surface area contributed by atoms with Gasteiger partial charge in [-0.3, -0.25) is 0 Å². The average molecular weight is 232 g/mol. The largest absolute Gasteiger partial charge is 0.337 e. The van der Waals surface area contributed by atoms with Crippen LogP contribution < -0.4 is 4.90 Å². The third-order valence-electron chi connectivity index (χ3n) is 2.42. The van der Waals surface area contributed by atoms with Crippen molar-refractivity contribution in [1.29, 1.82) is 0 Å². The van der Waals surface area contributed by atoms with Crippen LogP contribution in [0.25, 0.3) is 0 Å². The van der Waals surface area contributed by atoms with Crippen LogP contribution in [0.5, 0.6) is 0 Å². The lowest BCUT2D eigenvalue weighted by molar-refractivity contribution is 0.723. The lowest BCUT2D eigenvalue weighted by Gasteiger charge is -2.22. The normalized spacial score (nSPS) is 21.6. The molecule has 0 N–H and O–H groups in total. The molecule has 0 aromatic carbocycles. The molecular weight excluding hydrogens is 221 g/mol. The highest BCUT2D eigenvalue weighted by Crippen LogP contribution is 2.23. The first-order valence-electron chi connectivity index (χ1n) is 4.61. The predicted molar refractivity (Wildman–Crippen MR) is 58.1 cm³/mol. The summed E-state index contributed by atoms with van der Waals surface area (Å²) in [5, 5.41) is 0.565. The van der Waals surface area contributed by atoms with E-state index in [4.69, 9.17) is 23.2 Å². The fraction of sp³-hybridized carbons (Fsp3) is 0.556. The van der Waals surface area contributed by atoms with E-state index < -0.39 is 0 Å². The van der Waals surface area contributed by atoms with Gasteiger partial charge in [0.15, 0.2) is 0 Å². The maximum absolute atomic E-state index is 5.86. The van der Waals surface area contributed by atoms with E-state index in [1.54, 1.807) is 12.4 Å². The molecule has 0 spiro atoms. The van der Waals surface area contributed by atoms with Crippen LogP contribution in [0.15, 0.2) is 12.4 Å². The Kier molecular flexibility index (Phi) is 3.08. The van der Waals surface area contributed by atoms with Crippen LogP contribution in [-0.2, 0) is 0 Å². The first kappa shape index (κ1) is 9.99. The van der Waals surface area contributed by atoms with E-state index in [-0.39, 0.29) is 0 Å². The Morgan fingerprint density at radius 3 is 2.79 bits per heavy atom. The third kappa shape index (κ3) is 1.93. The van der Waals surface area contributed by atoms with Crippen LogP contribution in [0, 0.1) is 0 Å². The van der Waals surface area contributed by atoms with Crippen LogP contribution in [0.3, 0.4) is 0 Å². The second-order valence-electron chi connectivity index (χ2n) is 3.35. The monoisotopic (exact) mass is 231 g/mol. The number of hydrogen-bond acceptors (Lipinski definition) is 3. The molecule has 2 heterocycles.